The van der Waals surface area contributed by atoms with Crippen molar-refractivity contribution in [2.75, 3.05) is 31.5 Å². The van der Waals surface area contributed by atoms with Crippen LogP contribution in [-0.4, -0.2) is 111 Å². The molecule has 26 heteroatoms. The molecule has 1 amide bonds. The van der Waals surface area contributed by atoms with Crippen LogP contribution in [0.4, 0.5) is 44.3 Å². The van der Waals surface area contributed by atoms with Gasteiger partial charge in [-0.05, 0) is 85.5 Å². The maximum absolute atomic E-state index is 15.4. The van der Waals surface area contributed by atoms with Gasteiger partial charge < -0.3 is 24.4 Å². The highest BCUT2D eigenvalue weighted by Crippen LogP contribution is 2.40. The van der Waals surface area contributed by atoms with E-state index in [0.717, 1.165) is 50.5 Å². The van der Waals surface area contributed by atoms with E-state index in [2.05, 4.69) is 24.8 Å². The summed E-state index contributed by atoms with van der Waals surface area (Å²) in [5, 5.41) is -1.83. The summed E-state index contributed by atoms with van der Waals surface area (Å²) in [6, 6.07) is 3.93. The molecule has 2 aliphatic rings. The van der Waals surface area contributed by atoms with Crippen LogP contribution in [0.2, 0.25) is 0 Å². The van der Waals surface area contributed by atoms with E-state index < -0.39 is 95.5 Å². The van der Waals surface area contributed by atoms with Crippen LogP contribution in [0.25, 0.3) is 0 Å². The van der Waals surface area contributed by atoms with Gasteiger partial charge in [-0.25, -0.2) is 40.4 Å². The third-order valence-corrected chi connectivity index (χ3v) is 13.1. The smallest absolute Gasteiger partial charge is 0.444 e. The van der Waals surface area contributed by atoms with Crippen LogP contribution in [0.5, 0.6) is 11.8 Å². The summed E-state index contributed by atoms with van der Waals surface area (Å²) in [5.41, 5.74) is -0.668. The Kier molecular flexibility index (Phi) is 21.1. The van der Waals surface area contributed by atoms with Crippen LogP contribution >= 0.6 is 23.2 Å². The predicted octanol–water partition coefficient (Wildman–Crippen LogP) is 8.10. The number of aromatic nitrogens is 2. The highest BCUT2D eigenvalue weighted by molar-refractivity contribution is 7.93. The molecule has 2 aliphatic heterocycles. The van der Waals surface area contributed by atoms with E-state index in [1.807, 2.05) is 0 Å². The molecule has 0 aliphatic carbocycles. The summed E-state index contributed by atoms with van der Waals surface area (Å²) in [6.45, 7) is 2.47. The van der Waals surface area contributed by atoms with Crippen molar-refractivity contribution in [1.29, 1.82) is 0 Å². The Morgan fingerprint density at radius 1 is 0.767 bits per heavy atom. The Morgan fingerprint density at radius 2 is 1.12 bits per heavy atom. The molecule has 2 unspecified atom stereocenters. The fourth-order valence-electron chi connectivity index (χ4n) is 5.51. The average molecular weight is 960 g/mol. The summed E-state index contributed by atoms with van der Waals surface area (Å²) in [6.07, 6.45) is -3.52. The molecule has 0 bridgehead atoms. The van der Waals surface area contributed by atoms with E-state index in [-0.39, 0.29) is 36.2 Å². The lowest BCUT2D eigenvalue weighted by Gasteiger charge is -2.38. The lowest BCUT2D eigenvalue weighted by atomic mass is 9.92. The van der Waals surface area contributed by atoms with Crippen LogP contribution in [0.3, 0.4) is 0 Å². The van der Waals surface area contributed by atoms with E-state index in [1.54, 1.807) is 20.8 Å². The van der Waals surface area contributed by atoms with E-state index in [4.69, 9.17) is 32.7 Å². The first-order chi connectivity index (χ1) is 27.5. The van der Waals surface area contributed by atoms with Crippen LogP contribution < -0.4 is 14.8 Å². The predicted molar refractivity (Wildman–Crippen MR) is 200 cm³/mol. The van der Waals surface area contributed by atoms with E-state index in [1.165, 1.54) is 4.90 Å². The van der Waals surface area contributed by atoms with Crippen molar-refractivity contribution in [2.24, 2.45) is 11.8 Å². The van der Waals surface area contributed by atoms with Crippen molar-refractivity contribution < 1.29 is 80.1 Å². The molecule has 4 rings (SSSR count). The summed E-state index contributed by atoms with van der Waals surface area (Å²) in [7, 11) is -8.74. The third kappa shape index (κ3) is 16.8. The molecule has 2 atom stereocenters. The van der Waals surface area contributed by atoms with Crippen molar-refractivity contribution in [3.05, 3.63) is 36.7 Å². The van der Waals surface area contributed by atoms with Gasteiger partial charge in [0.1, 0.15) is 5.60 Å². The lowest BCUT2D eigenvalue weighted by molar-refractivity contribution is -0.156. The number of alkyl halides is 11. The van der Waals surface area contributed by atoms with Crippen LogP contribution in [0.15, 0.2) is 46.5 Å². The number of rotatable bonds is 10. The Bertz CT molecular complexity index is 1840. The molecule has 2 aromatic rings. The van der Waals surface area contributed by atoms with Crippen molar-refractivity contribution in [3.63, 3.8) is 0 Å². The zero-order valence-corrected chi connectivity index (χ0v) is 35.8. The standard InChI is InChI=1S/C18H25F3N2O5S.C13H17F3N2O3S.C2HF3O.CH2Cl2/c1-17(2,3)28-16(24)23-9-7-12(8-10-23)18(4,21)29(25,26)13-5-6-14(22-11-13)27-15(19)20;1-13(16,9-4-6-17-7-5-9)22(19,20)10-2-3-11(18-8-10)21-12(14)15;3-2(4,5)1-6;2-1-3/h5-6,11-12,15H,7-10H2,1-4H3;2-3,8-9,12,17H,4-7H2,1H3;1H;1H2. The maximum Gasteiger partial charge on any atom is 0.446 e. The number of nitrogens with zero attached hydrogens (tertiary/aromatic N) is 3. The Hall–Kier alpha value is -3.35. The number of aldehydes is 1. The molecule has 2 aromatic heterocycles. The van der Waals surface area contributed by atoms with E-state index in [0.29, 0.717) is 25.9 Å². The van der Waals surface area contributed by atoms with Gasteiger partial charge in [0.2, 0.25) is 47.7 Å². The number of hydrogen-bond donors (Lipinski definition) is 1. The van der Waals surface area contributed by atoms with Gasteiger partial charge in [0.05, 0.1) is 15.1 Å². The molecule has 13 nitrogen and oxygen atoms in total. The van der Waals surface area contributed by atoms with Crippen molar-refractivity contribution in [2.45, 2.75) is 105 Å². The van der Waals surface area contributed by atoms with Gasteiger partial charge in [0, 0.05) is 49.5 Å². The SMILES string of the molecule is CC(C)(C)OC(=O)N1CCC(C(C)(F)S(=O)(=O)c2ccc(OC(F)F)nc2)CC1.CC(F)(C1CCNCC1)S(=O)(=O)c1ccc(OC(F)F)nc1.ClCCl.O=CC(F)(F)F. The number of pyridine rings is 2. The number of amides is 1. The number of piperidine rings is 2. The van der Waals surface area contributed by atoms with Crippen molar-refractivity contribution in [1.82, 2.24) is 20.2 Å². The van der Waals surface area contributed by atoms with E-state index in [9.17, 15) is 56.8 Å². The second kappa shape index (κ2) is 23.2. The quantitative estimate of drug-likeness (QED) is 0.138. The summed E-state index contributed by atoms with van der Waals surface area (Å²) in [5.74, 6) is -2.37. The summed E-state index contributed by atoms with van der Waals surface area (Å²) < 4.78 is 174. The number of carbonyl (C=O) groups excluding carboxylic acids is 2. The third-order valence-electron chi connectivity index (χ3n) is 8.59. The first-order valence-electron chi connectivity index (χ1n) is 17.5. The largest absolute Gasteiger partial charge is 0.446 e. The van der Waals surface area contributed by atoms with Crippen LogP contribution in [0.1, 0.15) is 60.3 Å². The fraction of sp³-hybridized carbons (Fsp3) is 0.647. The van der Waals surface area contributed by atoms with Gasteiger partial charge >= 0.3 is 25.5 Å². The Balaban J connectivity index is 0.000000510. The van der Waals surface area contributed by atoms with E-state index >= 15 is 4.39 Å². The number of likely N-dealkylation sites (tertiary alicyclic amines) is 1. The second-order valence-corrected chi connectivity index (χ2v) is 19.3. The molecular weight excluding hydrogens is 914 g/mol. The monoisotopic (exact) mass is 958 g/mol. The minimum absolute atomic E-state index is 0.130. The number of carbonyl (C=O) groups is 2. The van der Waals surface area contributed by atoms with Gasteiger partial charge in [-0.1, -0.05) is 0 Å². The molecule has 0 radical (unpaired) electrons. The lowest BCUT2D eigenvalue weighted by Crippen LogP contribution is -2.48. The summed E-state index contributed by atoms with van der Waals surface area (Å²) in [4.78, 5) is 28.4. The van der Waals surface area contributed by atoms with Gasteiger partial charge in [0.15, 0.2) is 0 Å². The van der Waals surface area contributed by atoms with Crippen LogP contribution in [0, 0.1) is 11.8 Å². The highest BCUT2D eigenvalue weighted by Gasteiger charge is 2.49. The Morgan fingerprint density at radius 3 is 1.40 bits per heavy atom. The fourth-order valence-corrected chi connectivity index (χ4v) is 8.66. The molecule has 2 saturated heterocycles. The van der Waals surface area contributed by atoms with Gasteiger partial charge in [0.25, 0.3) is 0 Å². The minimum Gasteiger partial charge on any atom is -0.444 e. The van der Waals surface area contributed by atoms with Crippen molar-refractivity contribution >= 4 is 55.3 Å². The zero-order chi connectivity index (χ0) is 46.3. The minimum atomic E-state index is -4.64. The molecule has 2 fully saturated rings. The molecule has 4 heterocycles. The van der Waals surface area contributed by atoms with Crippen LogP contribution in [-0.2, 0) is 29.2 Å². The number of halogens is 11. The molecule has 0 spiro atoms. The highest BCUT2D eigenvalue weighted by atomic mass is 35.5. The van der Waals surface area contributed by atoms with Crippen molar-refractivity contribution in [3.8, 4) is 11.8 Å². The summed E-state index contributed by atoms with van der Waals surface area (Å²) >= 11 is 9.53. The van der Waals surface area contributed by atoms with Gasteiger partial charge in [-0.15, -0.1) is 23.2 Å². The molecular formula is C34H45Cl2F9N4O9S2. The average Bonchev–Trinajstić information content (AvgIpc) is 3.15. The zero-order valence-electron chi connectivity index (χ0n) is 32.7. The molecule has 0 aromatic carbocycles. The second-order valence-electron chi connectivity index (χ2n) is 13.9. The number of hydrogen-bond acceptors (Lipinski definition) is 12. The number of nitrogens with one attached hydrogen (secondary N) is 1. The first kappa shape index (κ1) is 54.7. The number of ether oxygens (including phenoxy) is 3. The normalized spacial score (nSPS) is 17.6. The number of sulfone groups is 2. The van der Waals surface area contributed by atoms with Gasteiger partial charge in [-0.3, -0.25) is 4.79 Å². The molecule has 1 N–H and O–H groups in total. The topological polar surface area (TPSA) is 171 Å². The maximum atomic E-state index is 15.4. The first-order valence-corrected chi connectivity index (χ1v) is 21.5. The molecule has 0 saturated carbocycles. The molecule has 344 valence electrons. The Labute approximate surface area is 351 Å². The molecule has 60 heavy (non-hydrogen) atoms. The van der Waals surface area contributed by atoms with Gasteiger partial charge in [-0.2, -0.15) is 30.7 Å².